The molecule has 3 aromatic rings. The molecule has 1 atom stereocenters. The van der Waals surface area contributed by atoms with Gasteiger partial charge in [0.25, 0.3) is 0 Å². The number of amidine groups is 1. The number of nitrogens with one attached hydrogen (secondary N) is 1. The number of benzene rings is 2. The Bertz CT molecular complexity index is 1050. The second-order valence-electron chi connectivity index (χ2n) is 7.65. The van der Waals surface area contributed by atoms with Crippen LogP contribution in [-0.4, -0.2) is 46.1 Å². The number of fused-ring (bicyclic) bond motifs is 2. The predicted molar refractivity (Wildman–Crippen MR) is 130 cm³/mol. The van der Waals surface area contributed by atoms with E-state index in [1.807, 2.05) is 0 Å². The molecule has 0 amide bonds. The SMILES string of the molecule is CCN(CC)C(C)CCn1c2ccccc2c(=NNC2=NCCS2)c2ccccc21. The van der Waals surface area contributed by atoms with E-state index in [2.05, 4.69) is 89.2 Å². The molecule has 2 aromatic carbocycles. The summed E-state index contributed by atoms with van der Waals surface area (Å²) in [5.41, 5.74) is 5.66. The quantitative estimate of drug-likeness (QED) is 0.454. The van der Waals surface area contributed by atoms with E-state index in [0.29, 0.717) is 6.04 Å². The van der Waals surface area contributed by atoms with Gasteiger partial charge in [-0.2, -0.15) is 5.10 Å². The van der Waals surface area contributed by atoms with Gasteiger partial charge in [-0.25, -0.2) is 0 Å². The Balaban J connectivity index is 1.81. The molecule has 1 N–H and O–H groups in total. The number of rotatable bonds is 7. The van der Waals surface area contributed by atoms with E-state index in [9.17, 15) is 0 Å². The van der Waals surface area contributed by atoms with Crippen LogP contribution in [0.5, 0.6) is 0 Å². The molecule has 1 unspecified atom stereocenters. The lowest BCUT2D eigenvalue weighted by molar-refractivity contribution is 0.216. The lowest BCUT2D eigenvalue weighted by atomic mass is 10.1. The molecule has 158 valence electrons. The molecule has 0 spiro atoms. The first-order valence-corrected chi connectivity index (χ1v) is 11.9. The van der Waals surface area contributed by atoms with Crippen LogP contribution in [0.3, 0.4) is 0 Å². The highest BCUT2D eigenvalue weighted by molar-refractivity contribution is 8.14. The van der Waals surface area contributed by atoms with Gasteiger partial charge in [0.15, 0.2) is 5.17 Å². The summed E-state index contributed by atoms with van der Waals surface area (Å²) in [6, 6.07) is 17.8. The molecule has 0 aliphatic carbocycles. The van der Waals surface area contributed by atoms with Crippen molar-refractivity contribution in [3.63, 3.8) is 0 Å². The van der Waals surface area contributed by atoms with Crippen molar-refractivity contribution in [1.29, 1.82) is 0 Å². The summed E-state index contributed by atoms with van der Waals surface area (Å²) in [5.74, 6) is 1.03. The van der Waals surface area contributed by atoms with E-state index in [-0.39, 0.29) is 0 Å². The number of hydrogen-bond acceptors (Lipinski definition) is 5. The van der Waals surface area contributed by atoms with Gasteiger partial charge < -0.3 is 9.47 Å². The van der Waals surface area contributed by atoms with Gasteiger partial charge in [0.1, 0.15) is 5.36 Å². The van der Waals surface area contributed by atoms with Crippen molar-refractivity contribution in [2.75, 3.05) is 25.4 Å². The van der Waals surface area contributed by atoms with Crippen molar-refractivity contribution < 1.29 is 0 Å². The van der Waals surface area contributed by atoms with Gasteiger partial charge >= 0.3 is 0 Å². The van der Waals surface area contributed by atoms with Gasteiger partial charge in [-0.3, -0.25) is 10.4 Å². The number of hydrogen-bond donors (Lipinski definition) is 1. The minimum atomic E-state index is 0.549. The van der Waals surface area contributed by atoms with Gasteiger partial charge in [-0.05, 0) is 38.6 Å². The number of thioether (sulfide) groups is 1. The monoisotopic (exact) mass is 421 g/mol. The van der Waals surface area contributed by atoms with Crippen molar-refractivity contribution in [2.45, 2.75) is 39.8 Å². The molecule has 0 saturated heterocycles. The van der Waals surface area contributed by atoms with Crippen LogP contribution in [0.4, 0.5) is 0 Å². The van der Waals surface area contributed by atoms with Crippen LogP contribution in [0.15, 0.2) is 58.6 Å². The third kappa shape index (κ3) is 4.25. The Hall–Kier alpha value is -2.31. The standard InChI is InChI=1S/C24H31N5S/c1-4-28(5-2)18(3)14-16-29-21-12-8-6-10-19(21)23(20-11-7-9-13-22(20)29)26-27-24-25-15-17-30-24/h6-13,18H,4-5,14-17H2,1-3H3,(H,25,27). The molecular formula is C24H31N5S. The van der Waals surface area contributed by atoms with Crippen molar-refractivity contribution in [3.8, 4) is 0 Å². The number of aryl methyl sites for hydroxylation is 1. The van der Waals surface area contributed by atoms with Crippen molar-refractivity contribution in [1.82, 2.24) is 14.9 Å². The number of para-hydroxylation sites is 2. The first-order valence-electron chi connectivity index (χ1n) is 10.9. The lowest BCUT2D eigenvalue weighted by Crippen LogP contribution is -2.33. The first-order chi connectivity index (χ1) is 14.7. The van der Waals surface area contributed by atoms with Gasteiger partial charge in [0.05, 0.1) is 17.6 Å². The third-order valence-corrected chi connectivity index (χ3v) is 6.84. The fourth-order valence-corrected chi connectivity index (χ4v) is 4.98. The highest BCUT2D eigenvalue weighted by atomic mass is 32.2. The van der Waals surface area contributed by atoms with Crippen LogP contribution in [0.2, 0.25) is 0 Å². The molecule has 0 saturated carbocycles. The van der Waals surface area contributed by atoms with Crippen LogP contribution in [0.25, 0.3) is 21.8 Å². The lowest BCUT2D eigenvalue weighted by Gasteiger charge is -2.27. The smallest absolute Gasteiger partial charge is 0.177 e. The number of pyridine rings is 1. The Morgan fingerprint density at radius 1 is 1.07 bits per heavy atom. The maximum atomic E-state index is 4.81. The Morgan fingerprint density at radius 3 is 2.27 bits per heavy atom. The summed E-state index contributed by atoms with van der Waals surface area (Å²) in [5, 5.41) is 9.05. The highest BCUT2D eigenvalue weighted by Gasteiger charge is 2.14. The maximum Gasteiger partial charge on any atom is 0.177 e. The topological polar surface area (TPSA) is 44.9 Å². The van der Waals surface area contributed by atoms with E-state index in [1.54, 1.807) is 11.8 Å². The van der Waals surface area contributed by atoms with Gasteiger partial charge in [0, 0.05) is 29.1 Å². The second-order valence-corrected chi connectivity index (χ2v) is 8.74. The minimum Gasteiger partial charge on any atom is -0.340 e. The summed E-state index contributed by atoms with van der Waals surface area (Å²) in [4.78, 5) is 7.00. The fourth-order valence-electron chi connectivity index (χ4n) is 4.31. The van der Waals surface area contributed by atoms with Gasteiger partial charge in [-0.15, -0.1) is 0 Å². The molecule has 1 aliphatic heterocycles. The normalized spacial score (nSPS) is 15.0. The molecule has 1 aliphatic rings. The van der Waals surface area contributed by atoms with Crippen molar-refractivity contribution in [2.24, 2.45) is 10.1 Å². The summed E-state index contributed by atoms with van der Waals surface area (Å²) in [6.07, 6.45) is 1.11. The molecule has 0 fully saturated rings. The summed E-state index contributed by atoms with van der Waals surface area (Å²) in [6.45, 7) is 10.9. The largest absolute Gasteiger partial charge is 0.340 e. The Labute approximate surface area is 182 Å². The fraction of sp³-hybridized carbons (Fsp3) is 0.417. The van der Waals surface area contributed by atoms with Crippen molar-refractivity contribution in [3.05, 3.63) is 53.9 Å². The number of nitrogens with zero attached hydrogens (tertiary/aromatic N) is 4. The van der Waals surface area contributed by atoms with E-state index in [1.165, 1.54) is 21.8 Å². The van der Waals surface area contributed by atoms with Crippen LogP contribution in [0.1, 0.15) is 27.2 Å². The number of aromatic nitrogens is 1. The van der Waals surface area contributed by atoms with Gasteiger partial charge in [-0.1, -0.05) is 62.0 Å². The zero-order valence-corrected chi connectivity index (χ0v) is 19.0. The molecule has 0 bridgehead atoms. The predicted octanol–water partition coefficient (Wildman–Crippen LogP) is 4.42. The minimum absolute atomic E-state index is 0.549. The average Bonchev–Trinajstić information content (AvgIpc) is 3.30. The zero-order valence-electron chi connectivity index (χ0n) is 18.1. The molecule has 30 heavy (non-hydrogen) atoms. The molecule has 2 heterocycles. The molecule has 1 aromatic heterocycles. The molecule has 6 heteroatoms. The molecular weight excluding hydrogens is 390 g/mol. The van der Waals surface area contributed by atoms with Crippen LogP contribution in [0, 0.1) is 0 Å². The number of aliphatic imine (C=N–C) groups is 1. The van der Waals surface area contributed by atoms with Crippen LogP contribution >= 0.6 is 11.8 Å². The molecule has 4 rings (SSSR count). The van der Waals surface area contributed by atoms with E-state index < -0.39 is 0 Å². The summed E-state index contributed by atoms with van der Waals surface area (Å²) < 4.78 is 2.46. The summed E-state index contributed by atoms with van der Waals surface area (Å²) >= 11 is 1.73. The Kier molecular flexibility index (Phi) is 6.75. The van der Waals surface area contributed by atoms with Crippen LogP contribution < -0.4 is 10.8 Å². The molecule has 0 radical (unpaired) electrons. The Morgan fingerprint density at radius 2 is 1.70 bits per heavy atom. The molecule has 5 nitrogen and oxygen atoms in total. The first kappa shape index (κ1) is 20.9. The van der Waals surface area contributed by atoms with Gasteiger partial charge in [0.2, 0.25) is 0 Å². The van der Waals surface area contributed by atoms with E-state index in [4.69, 9.17) is 5.10 Å². The maximum absolute atomic E-state index is 4.81. The summed E-state index contributed by atoms with van der Waals surface area (Å²) in [7, 11) is 0. The van der Waals surface area contributed by atoms with Crippen molar-refractivity contribution >= 4 is 38.7 Å². The zero-order chi connectivity index (χ0) is 20.9. The third-order valence-electron chi connectivity index (χ3n) is 5.95. The van der Waals surface area contributed by atoms with Crippen LogP contribution in [-0.2, 0) is 6.54 Å². The second kappa shape index (κ2) is 9.67. The highest BCUT2D eigenvalue weighted by Crippen LogP contribution is 2.21. The van der Waals surface area contributed by atoms with E-state index >= 15 is 0 Å². The average molecular weight is 422 g/mol. The van der Waals surface area contributed by atoms with E-state index in [0.717, 1.165) is 48.9 Å².